The third-order valence-corrected chi connectivity index (χ3v) is 3.70. The van der Waals surface area contributed by atoms with Crippen LogP contribution < -0.4 is 5.32 Å². The maximum Gasteiger partial charge on any atom is 0.220 e. The molecule has 0 bridgehead atoms. The highest BCUT2D eigenvalue weighted by Gasteiger charge is 2.13. The van der Waals surface area contributed by atoms with Crippen LogP contribution in [0.3, 0.4) is 0 Å². The molecule has 76 valence electrons. The Bertz CT molecular complexity index is 160. The average molecular weight is 266 g/mol. The fraction of sp³-hybridized carbons (Fsp3) is 0.889. The Morgan fingerprint density at radius 3 is 2.77 bits per heavy atom. The zero-order chi connectivity index (χ0) is 9.52. The molecule has 1 aliphatic rings. The summed E-state index contributed by atoms with van der Waals surface area (Å²) in [6, 6.07) is 0. The van der Waals surface area contributed by atoms with Crippen molar-refractivity contribution in [3.05, 3.63) is 0 Å². The smallest absolute Gasteiger partial charge is 0.220 e. The van der Waals surface area contributed by atoms with Crippen LogP contribution in [0.5, 0.6) is 0 Å². The molecular weight excluding hydrogens is 250 g/mol. The molecule has 0 radical (unpaired) electrons. The second kappa shape index (κ2) is 6.71. The Kier molecular flexibility index (Phi) is 5.87. The van der Waals surface area contributed by atoms with Crippen molar-refractivity contribution in [2.45, 2.75) is 19.3 Å². The van der Waals surface area contributed by atoms with Crippen molar-refractivity contribution >= 4 is 33.6 Å². The number of hydrogen-bond acceptors (Lipinski definition) is 2. The standard InChI is InChI=1S/C9H16BrNOS/c10-4-1-9(12)11-7-8-2-5-13-6-3-8/h8H,1-7H2,(H,11,12). The quantitative estimate of drug-likeness (QED) is 0.789. The molecule has 0 unspecified atom stereocenters. The van der Waals surface area contributed by atoms with Crippen LogP contribution in [0.25, 0.3) is 0 Å². The van der Waals surface area contributed by atoms with Crippen molar-refractivity contribution in [2.75, 3.05) is 23.4 Å². The molecule has 0 aromatic heterocycles. The van der Waals surface area contributed by atoms with Crippen molar-refractivity contribution in [3.8, 4) is 0 Å². The molecule has 0 spiro atoms. The molecule has 0 aliphatic carbocycles. The van der Waals surface area contributed by atoms with Gasteiger partial charge >= 0.3 is 0 Å². The summed E-state index contributed by atoms with van der Waals surface area (Å²) in [5.41, 5.74) is 0. The first-order chi connectivity index (χ1) is 6.33. The van der Waals surface area contributed by atoms with Gasteiger partial charge < -0.3 is 5.32 Å². The molecule has 1 aliphatic heterocycles. The second-order valence-corrected chi connectivity index (χ2v) is 5.32. The summed E-state index contributed by atoms with van der Waals surface area (Å²) in [6.07, 6.45) is 3.12. The third kappa shape index (κ3) is 4.91. The van der Waals surface area contributed by atoms with Gasteiger partial charge in [0.15, 0.2) is 0 Å². The summed E-state index contributed by atoms with van der Waals surface area (Å²) < 4.78 is 0. The minimum absolute atomic E-state index is 0.176. The number of halogens is 1. The first-order valence-electron chi connectivity index (χ1n) is 4.73. The minimum Gasteiger partial charge on any atom is -0.356 e. The lowest BCUT2D eigenvalue weighted by Gasteiger charge is -2.21. The molecule has 1 N–H and O–H groups in total. The maximum atomic E-state index is 11.1. The number of rotatable bonds is 4. The molecule has 2 nitrogen and oxygen atoms in total. The van der Waals surface area contributed by atoms with Gasteiger partial charge in [0.25, 0.3) is 0 Å². The Hall–Kier alpha value is 0.300. The van der Waals surface area contributed by atoms with Crippen LogP contribution in [0.4, 0.5) is 0 Å². The summed E-state index contributed by atoms with van der Waals surface area (Å²) in [7, 11) is 0. The summed E-state index contributed by atoms with van der Waals surface area (Å²) in [4.78, 5) is 11.1. The number of alkyl halides is 1. The van der Waals surface area contributed by atoms with E-state index in [2.05, 4.69) is 21.2 Å². The zero-order valence-electron chi connectivity index (χ0n) is 7.72. The molecule has 13 heavy (non-hydrogen) atoms. The molecular formula is C9H16BrNOS. The highest BCUT2D eigenvalue weighted by atomic mass is 79.9. The van der Waals surface area contributed by atoms with Crippen LogP contribution in [0.15, 0.2) is 0 Å². The molecule has 1 heterocycles. The van der Waals surface area contributed by atoms with E-state index in [0.717, 1.165) is 17.8 Å². The first kappa shape index (κ1) is 11.4. The Morgan fingerprint density at radius 2 is 2.15 bits per heavy atom. The molecule has 0 aromatic rings. The molecule has 0 atom stereocenters. The van der Waals surface area contributed by atoms with Gasteiger partial charge in [-0.3, -0.25) is 4.79 Å². The van der Waals surface area contributed by atoms with Crippen LogP contribution in [-0.4, -0.2) is 29.3 Å². The Morgan fingerprint density at radius 1 is 1.46 bits per heavy atom. The number of nitrogens with one attached hydrogen (secondary N) is 1. The van der Waals surface area contributed by atoms with Crippen molar-refractivity contribution in [1.29, 1.82) is 0 Å². The highest BCUT2D eigenvalue weighted by Crippen LogP contribution is 2.21. The lowest BCUT2D eigenvalue weighted by Crippen LogP contribution is -2.30. The Balaban J connectivity index is 2.06. The number of carbonyl (C=O) groups is 1. The number of hydrogen-bond donors (Lipinski definition) is 1. The predicted molar refractivity (Wildman–Crippen MR) is 61.5 cm³/mol. The van der Waals surface area contributed by atoms with E-state index in [1.165, 1.54) is 24.3 Å². The number of thioether (sulfide) groups is 1. The molecule has 1 rings (SSSR count). The fourth-order valence-corrected chi connectivity index (χ4v) is 2.95. The summed E-state index contributed by atoms with van der Waals surface area (Å²) in [5, 5.41) is 3.74. The SMILES string of the molecule is O=C(CCBr)NCC1CCSCC1. The second-order valence-electron chi connectivity index (χ2n) is 3.30. The minimum atomic E-state index is 0.176. The molecule has 0 saturated carbocycles. The van der Waals surface area contributed by atoms with Gasteiger partial charge in [-0.2, -0.15) is 11.8 Å². The van der Waals surface area contributed by atoms with Crippen molar-refractivity contribution in [3.63, 3.8) is 0 Å². The van der Waals surface area contributed by atoms with Crippen LogP contribution in [0.1, 0.15) is 19.3 Å². The van der Waals surface area contributed by atoms with Gasteiger partial charge in [-0.15, -0.1) is 0 Å². The number of carbonyl (C=O) groups excluding carboxylic acids is 1. The van der Waals surface area contributed by atoms with Gasteiger partial charge in [0, 0.05) is 18.3 Å². The van der Waals surface area contributed by atoms with E-state index in [0.29, 0.717) is 6.42 Å². The normalized spacial score (nSPS) is 18.5. The van der Waals surface area contributed by atoms with Gasteiger partial charge in [0.05, 0.1) is 0 Å². The van der Waals surface area contributed by atoms with Crippen molar-refractivity contribution in [2.24, 2.45) is 5.92 Å². The maximum absolute atomic E-state index is 11.1. The van der Waals surface area contributed by atoms with Crippen molar-refractivity contribution in [1.82, 2.24) is 5.32 Å². The van der Waals surface area contributed by atoms with Gasteiger partial charge in [-0.1, -0.05) is 15.9 Å². The molecule has 4 heteroatoms. The number of amides is 1. The predicted octanol–water partition coefficient (Wildman–Crippen LogP) is 2.03. The summed E-state index contributed by atoms with van der Waals surface area (Å²) >= 11 is 5.27. The van der Waals surface area contributed by atoms with Crippen LogP contribution in [0, 0.1) is 5.92 Å². The van der Waals surface area contributed by atoms with E-state index < -0.39 is 0 Å². The summed E-state index contributed by atoms with van der Waals surface area (Å²) in [6.45, 7) is 0.881. The summed E-state index contributed by atoms with van der Waals surface area (Å²) in [5.74, 6) is 3.42. The van der Waals surface area contributed by atoms with E-state index in [-0.39, 0.29) is 5.91 Å². The largest absolute Gasteiger partial charge is 0.356 e. The van der Waals surface area contributed by atoms with E-state index in [1.807, 2.05) is 11.8 Å². The van der Waals surface area contributed by atoms with Gasteiger partial charge in [0.2, 0.25) is 5.91 Å². The van der Waals surface area contributed by atoms with E-state index >= 15 is 0 Å². The van der Waals surface area contributed by atoms with Crippen molar-refractivity contribution < 1.29 is 4.79 Å². The fourth-order valence-electron chi connectivity index (χ4n) is 1.38. The van der Waals surface area contributed by atoms with Crippen LogP contribution in [-0.2, 0) is 4.79 Å². The van der Waals surface area contributed by atoms with Crippen LogP contribution >= 0.6 is 27.7 Å². The van der Waals surface area contributed by atoms with Gasteiger partial charge in [0.1, 0.15) is 0 Å². The third-order valence-electron chi connectivity index (χ3n) is 2.25. The first-order valence-corrected chi connectivity index (χ1v) is 7.01. The Labute approximate surface area is 92.4 Å². The zero-order valence-corrected chi connectivity index (χ0v) is 10.1. The highest BCUT2D eigenvalue weighted by molar-refractivity contribution is 9.09. The lowest BCUT2D eigenvalue weighted by molar-refractivity contribution is -0.120. The lowest BCUT2D eigenvalue weighted by atomic mass is 10.0. The molecule has 1 amide bonds. The van der Waals surface area contributed by atoms with Gasteiger partial charge in [-0.25, -0.2) is 0 Å². The average Bonchev–Trinajstić information content (AvgIpc) is 2.17. The van der Waals surface area contributed by atoms with E-state index in [4.69, 9.17) is 0 Å². The van der Waals surface area contributed by atoms with Crippen LogP contribution in [0.2, 0.25) is 0 Å². The van der Waals surface area contributed by atoms with E-state index in [9.17, 15) is 4.79 Å². The monoisotopic (exact) mass is 265 g/mol. The topological polar surface area (TPSA) is 29.1 Å². The van der Waals surface area contributed by atoms with Gasteiger partial charge in [-0.05, 0) is 30.3 Å². The molecule has 0 aromatic carbocycles. The van der Waals surface area contributed by atoms with E-state index in [1.54, 1.807) is 0 Å². The molecule has 1 saturated heterocycles. The molecule has 1 fully saturated rings.